The molecule has 0 radical (unpaired) electrons. The highest BCUT2D eigenvalue weighted by Gasteiger charge is 2.34. The number of methoxy groups -OCH3 is 1. The lowest BCUT2D eigenvalue weighted by molar-refractivity contribution is -0.139. The summed E-state index contributed by atoms with van der Waals surface area (Å²) in [6.07, 6.45) is 1.37. The summed E-state index contributed by atoms with van der Waals surface area (Å²) in [6, 6.07) is 11.5. The molecule has 3 rings (SSSR count). The number of benzene rings is 2. The van der Waals surface area contributed by atoms with Gasteiger partial charge in [0.15, 0.2) is 0 Å². The van der Waals surface area contributed by atoms with Gasteiger partial charge in [-0.3, -0.25) is 4.79 Å². The van der Waals surface area contributed by atoms with Gasteiger partial charge in [0.05, 0.1) is 29.6 Å². The monoisotopic (exact) mass is 477 g/mol. The first kappa shape index (κ1) is 24.4. The molecule has 32 heavy (non-hydrogen) atoms. The van der Waals surface area contributed by atoms with Gasteiger partial charge in [-0.15, -0.1) is 0 Å². The summed E-state index contributed by atoms with van der Waals surface area (Å²) < 4.78 is 10.4. The van der Waals surface area contributed by atoms with Crippen LogP contribution in [0.15, 0.2) is 36.4 Å². The van der Waals surface area contributed by atoms with Crippen LogP contribution >= 0.6 is 23.2 Å². The van der Waals surface area contributed by atoms with E-state index in [1.54, 1.807) is 11.9 Å². The van der Waals surface area contributed by atoms with Crippen molar-refractivity contribution in [1.82, 2.24) is 4.90 Å². The maximum Gasteiger partial charge on any atom is 0.410 e. The summed E-state index contributed by atoms with van der Waals surface area (Å²) in [4.78, 5) is 26.3. The van der Waals surface area contributed by atoms with E-state index in [0.717, 1.165) is 35.1 Å². The number of carbonyl (C=O) groups excluding carboxylic acids is 2. The predicted octanol–water partition coefficient (Wildman–Crippen LogP) is 6.54. The van der Waals surface area contributed by atoms with Crippen molar-refractivity contribution in [2.75, 3.05) is 14.2 Å². The molecule has 0 aromatic heterocycles. The molecule has 5 nitrogen and oxygen atoms in total. The Balaban J connectivity index is 2.02. The molecule has 0 N–H and O–H groups in total. The first-order valence-electron chi connectivity index (χ1n) is 10.6. The molecular weight excluding hydrogens is 449 g/mol. The molecule has 0 aliphatic heterocycles. The fraction of sp³-hybridized carbons (Fsp3) is 0.440. The summed E-state index contributed by atoms with van der Waals surface area (Å²) in [5.41, 5.74) is 3.43. The van der Waals surface area contributed by atoms with Gasteiger partial charge in [-0.25, -0.2) is 4.79 Å². The van der Waals surface area contributed by atoms with Crippen LogP contribution in [-0.4, -0.2) is 36.7 Å². The van der Waals surface area contributed by atoms with Crippen LogP contribution in [0.1, 0.15) is 67.8 Å². The van der Waals surface area contributed by atoms with Crippen molar-refractivity contribution < 1.29 is 19.1 Å². The zero-order valence-electron chi connectivity index (χ0n) is 19.1. The van der Waals surface area contributed by atoms with E-state index in [1.807, 2.05) is 57.2 Å². The van der Waals surface area contributed by atoms with E-state index >= 15 is 0 Å². The molecule has 2 atom stereocenters. The van der Waals surface area contributed by atoms with Gasteiger partial charge in [-0.2, -0.15) is 0 Å². The van der Waals surface area contributed by atoms with E-state index in [-0.39, 0.29) is 30.4 Å². The molecule has 2 aromatic carbocycles. The number of rotatable bonds is 4. The SMILES string of the molecule is COC(=O)Cc1ccc2c(c1)C(N(C)C(=O)OC(C)(C)C)CCC2c1ccc(Cl)c(Cl)c1. The third-order valence-corrected chi connectivity index (χ3v) is 6.42. The minimum Gasteiger partial charge on any atom is -0.469 e. The van der Waals surface area contributed by atoms with Crippen molar-refractivity contribution in [2.24, 2.45) is 0 Å². The maximum absolute atomic E-state index is 12.8. The van der Waals surface area contributed by atoms with Crippen molar-refractivity contribution in [3.63, 3.8) is 0 Å². The van der Waals surface area contributed by atoms with Gasteiger partial charge in [0.25, 0.3) is 0 Å². The number of ether oxygens (including phenoxy) is 2. The first-order chi connectivity index (χ1) is 15.0. The van der Waals surface area contributed by atoms with E-state index in [9.17, 15) is 9.59 Å². The van der Waals surface area contributed by atoms with Crippen LogP contribution < -0.4 is 0 Å². The van der Waals surface area contributed by atoms with Crippen molar-refractivity contribution in [3.05, 3.63) is 68.7 Å². The Morgan fingerprint density at radius 3 is 2.38 bits per heavy atom. The lowest BCUT2D eigenvalue weighted by atomic mass is 9.75. The molecular formula is C25H29Cl2NO4. The van der Waals surface area contributed by atoms with Gasteiger partial charge in [-0.1, -0.05) is 47.5 Å². The second-order valence-corrected chi connectivity index (χ2v) is 9.94. The zero-order chi connectivity index (χ0) is 23.6. The van der Waals surface area contributed by atoms with Gasteiger partial charge in [0.1, 0.15) is 5.60 Å². The maximum atomic E-state index is 12.8. The molecule has 2 unspecified atom stereocenters. The van der Waals surface area contributed by atoms with Crippen molar-refractivity contribution >= 4 is 35.3 Å². The lowest BCUT2D eigenvalue weighted by Gasteiger charge is -2.38. The molecule has 0 fully saturated rings. The number of esters is 1. The molecule has 1 aliphatic carbocycles. The molecule has 1 amide bonds. The van der Waals surface area contributed by atoms with Crippen LogP contribution in [0.5, 0.6) is 0 Å². The number of amides is 1. The lowest BCUT2D eigenvalue weighted by Crippen LogP contribution is -2.38. The van der Waals surface area contributed by atoms with Gasteiger partial charge >= 0.3 is 12.1 Å². The second kappa shape index (κ2) is 9.72. The summed E-state index contributed by atoms with van der Waals surface area (Å²) in [6.45, 7) is 5.55. The van der Waals surface area contributed by atoms with Crippen LogP contribution in [-0.2, 0) is 20.7 Å². The van der Waals surface area contributed by atoms with E-state index < -0.39 is 5.60 Å². The average Bonchev–Trinajstić information content (AvgIpc) is 2.73. The minimum atomic E-state index is -0.585. The third-order valence-electron chi connectivity index (χ3n) is 5.69. The normalized spacial score (nSPS) is 18.0. The zero-order valence-corrected chi connectivity index (χ0v) is 20.6. The highest BCUT2D eigenvalue weighted by Crippen LogP contribution is 2.45. The molecule has 0 spiro atoms. The molecule has 1 aliphatic rings. The van der Waals surface area contributed by atoms with Gasteiger partial charge in [0.2, 0.25) is 0 Å². The van der Waals surface area contributed by atoms with E-state index in [1.165, 1.54) is 7.11 Å². The highest BCUT2D eigenvalue weighted by molar-refractivity contribution is 6.42. The quantitative estimate of drug-likeness (QED) is 0.468. The number of fused-ring (bicyclic) bond motifs is 1. The number of nitrogens with zero attached hydrogens (tertiary/aromatic N) is 1. The van der Waals surface area contributed by atoms with E-state index in [2.05, 4.69) is 0 Å². The van der Waals surface area contributed by atoms with Crippen LogP contribution in [0.4, 0.5) is 4.79 Å². The van der Waals surface area contributed by atoms with Crippen molar-refractivity contribution in [3.8, 4) is 0 Å². The number of hydrogen-bond acceptors (Lipinski definition) is 4. The molecule has 0 heterocycles. The number of carbonyl (C=O) groups is 2. The average molecular weight is 478 g/mol. The molecule has 7 heteroatoms. The minimum absolute atomic E-state index is 0.107. The Kier molecular flexibility index (Phi) is 7.41. The Morgan fingerprint density at radius 1 is 1.03 bits per heavy atom. The molecule has 0 bridgehead atoms. The fourth-order valence-corrected chi connectivity index (χ4v) is 4.46. The second-order valence-electron chi connectivity index (χ2n) is 9.13. The Labute approximate surface area is 199 Å². The van der Waals surface area contributed by atoms with E-state index in [4.69, 9.17) is 32.7 Å². The largest absolute Gasteiger partial charge is 0.469 e. The Morgan fingerprint density at radius 2 is 1.75 bits per heavy atom. The van der Waals surface area contributed by atoms with E-state index in [0.29, 0.717) is 10.0 Å². The van der Waals surface area contributed by atoms with Crippen LogP contribution in [0.3, 0.4) is 0 Å². The molecule has 0 saturated carbocycles. The summed E-state index contributed by atoms with van der Waals surface area (Å²) in [5, 5.41) is 1.03. The standard InChI is InChI=1S/C25H29Cl2NO4/c1-25(2,3)32-24(30)28(4)22-11-9-17(16-7-10-20(26)21(27)14-16)18-8-6-15(12-19(18)22)13-23(29)31-5/h6-8,10,12,14,17,22H,9,11,13H2,1-5H3. The Hall–Kier alpha value is -2.24. The topological polar surface area (TPSA) is 55.8 Å². The summed E-state index contributed by atoms with van der Waals surface area (Å²) in [5.74, 6) is -0.200. The van der Waals surface area contributed by atoms with Gasteiger partial charge in [0, 0.05) is 13.0 Å². The summed E-state index contributed by atoms with van der Waals surface area (Å²) >= 11 is 12.4. The fourth-order valence-electron chi connectivity index (χ4n) is 4.15. The number of hydrogen-bond donors (Lipinski definition) is 0. The van der Waals surface area contributed by atoms with Crippen molar-refractivity contribution in [2.45, 2.75) is 57.6 Å². The van der Waals surface area contributed by atoms with Crippen LogP contribution in [0, 0.1) is 0 Å². The number of halogens is 2. The third kappa shape index (κ3) is 5.57. The summed E-state index contributed by atoms with van der Waals surface area (Å²) in [7, 11) is 3.13. The Bertz CT molecular complexity index is 1020. The molecule has 172 valence electrons. The highest BCUT2D eigenvalue weighted by atomic mass is 35.5. The smallest absolute Gasteiger partial charge is 0.410 e. The van der Waals surface area contributed by atoms with Gasteiger partial charge < -0.3 is 14.4 Å². The molecule has 0 saturated heterocycles. The molecule has 2 aromatic rings. The first-order valence-corrected chi connectivity index (χ1v) is 11.4. The van der Waals surface area contributed by atoms with Crippen molar-refractivity contribution in [1.29, 1.82) is 0 Å². The van der Waals surface area contributed by atoms with Crippen LogP contribution in [0.25, 0.3) is 0 Å². The predicted molar refractivity (Wildman–Crippen MR) is 126 cm³/mol. The van der Waals surface area contributed by atoms with Crippen LogP contribution in [0.2, 0.25) is 10.0 Å². The van der Waals surface area contributed by atoms with Gasteiger partial charge in [-0.05, 0) is 68.0 Å².